The van der Waals surface area contributed by atoms with Crippen molar-refractivity contribution in [2.45, 2.75) is 38.4 Å². The summed E-state index contributed by atoms with van der Waals surface area (Å²) in [5.41, 5.74) is 3.41. The molecule has 1 saturated carbocycles. The maximum Gasteiger partial charge on any atom is 0.406 e. The molecule has 1 aromatic heterocycles. The number of aromatic nitrogens is 1. The molecule has 258 valence electrons. The average Bonchev–Trinajstić information content (AvgIpc) is 3.75. The number of nitrogens with one attached hydrogen (secondary N) is 3. The Morgan fingerprint density at radius 3 is 2.77 bits per heavy atom. The van der Waals surface area contributed by atoms with E-state index in [1.54, 1.807) is 36.0 Å². The van der Waals surface area contributed by atoms with Gasteiger partial charge >= 0.3 is 6.18 Å². The van der Waals surface area contributed by atoms with Crippen LogP contribution in [0.5, 0.6) is 0 Å². The van der Waals surface area contributed by atoms with E-state index in [9.17, 15) is 17.6 Å². The van der Waals surface area contributed by atoms with Crippen molar-refractivity contribution in [1.29, 1.82) is 0 Å². The van der Waals surface area contributed by atoms with Crippen LogP contribution in [0, 0.1) is 11.8 Å². The summed E-state index contributed by atoms with van der Waals surface area (Å²) in [6.07, 6.45) is 0.00808. The average molecular weight is 686 g/mol. The highest BCUT2D eigenvalue weighted by molar-refractivity contribution is 8.02. The molecule has 1 aliphatic carbocycles. The number of nitrogens with zero attached hydrogens (tertiary/aromatic N) is 6. The lowest BCUT2D eigenvalue weighted by atomic mass is 10.00. The Morgan fingerprint density at radius 1 is 1.23 bits per heavy atom. The number of alkyl halides is 3. The van der Waals surface area contributed by atoms with Crippen molar-refractivity contribution < 1.29 is 17.6 Å². The van der Waals surface area contributed by atoms with Crippen molar-refractivity contribution in [3.05, 3.63) is 64.9 Å². The molecule has 3 N–H and O–H groups in total. The molecular formula is C34H43F4N9S. The van der Waals surface area contributed by atoms with Gasteiger partial charge in [-0.2, -0.15) is 13.2 Å². The number of thioether (sulfide) groups is 1. The number of rotatable bonds is 12. The minimum Gasteiger partial charge on any atom is -0.378 e. The van der Waals surface area contributed by atoms with E-state index in [-0.39, 0.29) is 30.4 Å². The highest BCUT2D eigenvalue weighted by Crippen LogP contribution is 2.37. The second-order valence-electron chi connectivity index (χ2n) is 13.1. The van der Waals surface area contributed by atoms with Gasteiger partial charge in [-0.05, 0) is 68.5 Å². The normalized spacial score (nSPS) is 24.3. The fourth-order valence-corrected chi connectivity index (χ4v) is 7.84. The summed E-state index contributed by atoms with van der Waals surface area (Å²) >= 11 is 1.68. The van der Waals surface area contributed by atoms with Crippen LogP contribution < -0.4 is 16.0 Å². The fourth-order valence-electron chi connectivity index (χ4n) is 6.97. The minimum atomic E-state index is -4.48. The topological polar surface area (TPSA) is 84.6 Å². The summed E-state index contributed by atoms with van der Waals surface area (Å²) in [6.45, 7) is 10.7. The largest absolute Gasteiger partial charge is 0.406 e. The zero-order valence-electron chi connectivity index (χ0n) is 27.3. The molecule has 3 aliphatic heterocycles. The molecule has 2 fully saturated rings. The van der Waals surface area contributed by atoms with Crippen LogP contribution in [0.4, 0.5) is 23.2 Å². The molecule has 1 saturated heterocycles. The predicted molar refractivity (Wildman–Crippen MR) is 188 cm³/mol. The number of anilines is 1. The van der Waals surface area contributed by atoms with Crippen molar-refractivity contribution >= 4 is 46.6 Å². The molecule has 0 spiro atoms. The van der Waals surface area contributed by atoms with Crippen molar-refractivity contribution in [3.8, 4) is 0 Å². The lowest BCUT2D eigenvalue weighted by molar-refractivity contribution is -0.139. The summed E-state index contributed by atoms with van der Waals surface area (Å²) < 4.78 is 57.8. The van der Waals surface area contributed by atoms with Gasteiger partial charge in [-0.3, -0.25) is 25.1 Å². The molecule has 1 aromatic carbocycles. The lowest BCUT2D eigenvalue weighted by Crippen LogP contribution is -2.35. The number of hydrogen-bond acceptors (Lipinski definition) is 9. The summed E-state index contributed by atoms with van der Waals surface area (Å²) in [4.78, 5) is 17.8. The van der Waals surface area contributed by atoms with Crippen LogP contribution in [0.3, 0.4) is 0 Å². The molecule has 2 bridgehead atoms. The first-order chi connectivity index (χ1) is 23.1. The number of halogens is 4. The molecule has 9 nitrogen and oxygen atoms in total. The third-order valence-electron chi connectivity index (χ3n) is 9.33. The summed E-state index contributed by atoms with van der Waals surface area (Å²) in [7, 11) is 1.94. The van der Waals surface area contributed by atoms with Gasteiger partial charge in [0, 0.05) is 55.4 Å². The first-order valence-electron chi connectivity index (χ1n) is 16.3. The Hall–Kier alpha value is -3.46. The summed E-state index contributed by atoms with van der Waals surface area (Å²) in [6, 6.07) is 6.69. The van der Waals surface area contributed by atoms with E-state index in [2.05, 4.69) is 49.1 Å². The highest BCUT2D eigenvalue weighted by Gasteiger charge is 2.33. The molecule has 2 atom stereocenters. The van der Waals surface area contributed by atoms with E-state index in [0.29, 0.717) is 65.6 Å². The van der Waals surface area contributed by atoms with Gasteiger partial charge in [0.05, 0.1) is 48.0 Å². The Bertz CT molecular complexity index is 1650. The third-order valence-corrected chi connectivity index (χ3v) is 10.2. The first-order valence-corrected chi connectivity index (χ1v) is 17.4. The van der Waals surface area contributed by atoms with Crippen molar-refractivity contribution in [3.63, 3.8) is 0 Å². The Morgan fingerprint density at radius 2 is 2.02 bits per heavy atom. The van der Waals surface area contributed by atoms with Crippen LogP contribution in [-0.2, 0) is 6.54 Å². The van der Waals surface area contributed by atoms with Crippen molar-refractivity contribution in [2.75, 3.05) is 64.2 Å². The number of benzene rings is 1. The van der Waals surface area contributed by atoms with Gasteiger partial charge in [0.2, 0.25) is 0 Å². The smallest absolute Gasteiger partial charge is 0.378 e. The molecule has 0 radical (unpaired) electrons. The van der Waals surface area contributed by atoms with Crippen LogP contribution in [0.2, 0.25) is 0 Å². The number of amidine groups is 1. The van der Waals surface area contributed by atoms with Crippen LogP contribution in [0.25, 0.3) is 10.9 Å². The van der Waals surface area contributed by atoms with Crippen LogP contribution >= 0.6 is 11.8 Å². The van der Waals surface area contributed by atoms with Gasteiger partial charge in [0.25, 0.3) is 0 Å². The van der Waals surface area contributed by atoms with E-state index in [1.165, 1.54) is 23.8 Å². The minimum absolute atomic E-state index is 0.0656. The monoisotopic (exact) mass is 685 g/mol. The van der Waals surface area contributed by atoms with E-state index in [0.717, 1.165) is 30.8 Å². The second kappa shape index (κ2) is 15.0. The van der Waals surface area contributed by atoms with E-state index in [4.69, 9.17) is 0 Å². The van der Waals surface area contributed by atoms with E-state index >= 15 is 0 Å². The maximum atomic E-state index is 15.0. The fraction of sp³-hybridized carbons (Fsp3) is 0.500. The maximum absolute atomic E-state index is 15.0. The molecule has 6 rings (SSSR count). The van der Waals surface area contributed by atoms with Crippen LogP contribution in [0.1, 0.15) is 31.4 Å². The SMILES string of the molecule is C=N/C(=C\SCN1CC2CCC(C2)C1)C(=C)NCC1=NC(c2cc3c(N/C4=C(\F)CNCN(C)CC4)cccc3n2CC(F)(F)F)=NC1. The lowest BCUT2D eigenvalue weighted by Gasteiger charge is -2.30. The number of likely N-dealkylation sites (tertiary alicyclic amines) is 1. The Balaban J connectivity index is 1.15. The molecule has 4 heterocycles. The number of hydrogen-bond donors (Lipinski definition) is 3. The van der Waals surface area contributed by atoms with Gasteiger partial charge in [-0.1, -0.05) is 12.6 Å². The zero-order valence-corrected chi connectivity index (χ0v) is 28.1. The van der Waals surface area contributed by atoms with Crippen LogP contribution in [-0.4, -0.2) is 97.7 Å². The number of aliphatic imine (C=N–C) groups is 3. The molecule has 0 amide bonds. The van der Waals surface area contributed by atoms with E-state index in [1.807, 2.05) is 17.4 Å². The molecule has 14 heteroatoms. The predicted octanol–water partition coefficient (Wildman–Crippen LogP) is 5.95. The number of piperidine rings is 1. The van der Waals surface area contributed by atoms with Gasteiger partial charge < -0.3 is 15.2 Å². The Kier molecular flexibility index (Phi) is 10.7. The van der Waals surface area contributed by atoms with Gasteiger partial charge in [-0.15, -0.1) is 11.8 Å². The number of fused-ring (bicyclic) bond motifs is 3. The molecule has 2 aromatic rings. The Labute approximate surface area is 283 Å². The first kappa shape index (κ1) is 34.4. The quantitative estimate of drug-likeness (QED) is 0.146. The second-order valence-corrected chi connectivity index (χ2v) is 13.9. The van der Waals surface area contributed by atoms with E-state index < -0.39 is 12.7 Å². The van der Waals surface area contributed by atoms with Gasteiger partial charge in [-0.25, -0.2) is 9.38 Å². The van der Waals surface area contributed by atoms with Crippen molar-refractivity contribution in [2.24, 2.45) is 26.8 Å². The van der Waals surface area contributed by atoms with Gasteiger partial charge in [0.1, 0.15) is 12.4 Å². The molecule has 48 heavy (non-hydrogen) atoms. The zero-order chi connectivity index (χ0) is 33.8. The molecule has 2 unspecified atom stereocenters. The standard InChI is InChI=1S/C34H43F4N9S/c1-22(30(39-2)18-48-21-46-16-23-7-8-24(11-23)17-46)41-13-25-14-42-33(43-25)32-12-26-28(5-4-6-31(26)47(32)19-34(36,37)38)44-29-9-10-45(3)20-40-15-27(29)35/h4-6,12,18,23-24,40-41,44H,1-2,7-11,13-17,19-21H2,3H3/b29-27-,30-18-. The molecule has 4 aliphatic rings. The molecular weight excluding hydrogens is 642 g/mol. The highest BCUT2D eigenvalue weighted by atomic mass is 32.2. The third kappa shape index (κ3) is 8.39. The van der Waals surface area contributed by atoms with Gasteiger partial charge in [0.15, 0.2) is 5.84 Å². The summed E-state index contributed by atoms with van der Waals surface area (Å²) in [5.74, 6) is 2.44. The summed E-state index contributed by atoms with van der Waals surface area (Å²) in [5, 5.41) is 11.9. The van der Waals surface area contributed by atoms with Crippen molar-refractivity contribution in [1.82, 2.24) is 25.0 Å². The van der Waals surface area contributed by atoms with Crippen LogP contribution in [0.15, 0.2) is 74.1 Å².